The van der Waals surface area contributed by atoms with Crippen molar-refractivity contribution in [3.63, 3.8) is 0 Å². The van der Waals surface area contributed by atoms with Crippen LogP contribution in [0, 0.1) is 0 Å². The Balaban J connectivity index is 1.47. The van der Waals surface area contributed by atoms with Gasteiger partial charge in [0.1, 0.15) is 0 Å². The average molecular weight is 318 g/mol. The van der Waals surface area contributed by atoms with Crippen molar-refractivity contribution >= 4 is 17.2 Å². The number of likely N-dealkylation sites (tertiary alicyclic amines) is 1. The molecule has 1 saturated heterocycles. The maximum absolute atomic E-state index is 12.3. The summed E-state index contributed by atoms with van der Waals surface area (Å²) in [6, 6.07) is 4.91. The molecule has 1 unspecified atom stereocenters. The summed E-state index contributed by atoms with van der Waals surface area (Å²) in [5.41, 5.74) is 1.59. The van der Waals surface area contributed by atoms with E-state index < -0.39 is 0 Å². The Bertz CT molecular complexity index is 515. The molecule has 120 valence electrons. The molecule has 2 heterocycles. The molecular formula is C18H26N2OS. The van der Waals surface area contributed by atoms with Crippen molar-refractivity contribution in [2.75, 3.05) is 13.1 Å². The van der Waals surface area contributed by atoms with Crippen molar-refractivity contribution < 1.29 is 4.79 Å². The first-order valence-electron chi connectivity index (χ1n) is 8.52. The first kappa shape index (κ1) is 15.8. The molecule has 1 aromatic rings. The number of hydrogen-bond donors (Lipinski definition) is 1. The third-order valence-electron chi connectivity index (χ3n) is 4.88. The van der Waals surface area contributed by atoms with E-state index in [-0.39, 0.29) is 5.91 Å². The fourth-order valence-corrected chi connectivity index (χ4v) is 4.21. The molecule has 1 amide bonds. The van der Waals surface area contributed by atoms with Crippen molar-refractivity contribution in [3.8, 4) is 0 Å². The van der Waals surface area contributed by atoms with Gasteiger partial charge in [-0.1, -0.05) is 17.7 Å². The fraction of sp³-hybridized carbons (Fsp3) is 0.611. The molecule has 3 rings (SSSR count). The van der Waals surface area contributed by atoms with Crippen molar-refractivity contribution in [3.05, 3.63) is 34.0 Å². The zero-order valence-electron chi connectivity index (χ0n) is 13.4. The molecule has 22 heavy (non-hydrogen) atoms. The standard InChI is InChI=1S/C18H26N2OS/c1-14(15-6-3-2-4-7-15)19-16-9-11-20(12-10-16)18(21)17-8-5-13-22-17/h5-6,8,13-14,16,19H,2-4,7,9-12H2,1H3. The van der Waals surface area contributed by atoms with Gasteiger partial charge in [-0.2, -0.15) is 0 Å². The Morgan fingerprint density at radius 3 is 2.82 bits per heavy atom. The van der Waals surface area contributed by atoms with Gasteiger partial charge in [0.05, 0.1) is 4.88 Å². The summed E-state index contributed by atoms with van der Waals surface area (Å²) in [6.07, 6.45) is 9.74. The van der Waals surface area contributed by atoms with Crippen molar-refractivity contribution in [2.45, 2.75) is 57.5 Å². The van der Waals surface area contributed by atoms with E-state index in [1.54, 1.807) is 16.9 Å². The smallest absolute Gasteiger partial charge is 0.263 e. The molecule has 1 aliphatic heterocycles. The van der Waals surface area contributed by atoms with E-state index in [4.69, 9.17) is 0 Å². The Kier molecular flexibility index (Phi) is 5.32. The molecule has 1 aliphatic carbocycles. The second-order valence-corrected chi connectivity index (χ2v) is 7.40. The summed E-state index contributed by atoms with van der Waals surface area (Å²) in [5, 5.41) is 5.75. The molecule has 2 aliphatic rings. The van der Waals surface area contributed by atoms with E-state index in [0.29, 0.717) is 12.1 Å². The molecular weight excluding hydrogens is 292 g/mol. The zero-order valence-corrected chi connectivity index (χ0v) is 14.2. The number of amides is 1. The predicted octanol–water partition coefficient (Wildman–Crippen LogP) is 3.83. The molecule has 4 heteroatoms. The highest BCUT2D eigenvalue weighted by Gasteiger charge is 2.25. The highest BCUT2D eigenvalue weighted by atomic mass is 32.1. The van der Waals surface area contributed by atoms with Gasteiger partial charge in [0, 0.05) is 25.2 Å². The molecule has 0 saturated carbocycles. The number of hydrogen-bond acceptors (Lipinski definition) is 3. The third-order valence-corrected chi connectivity index (χ3v) is 5.74. The molecule has 0 aromatic carbocycles. The van der Waals surface area contributed by atoms with Crippen LogP contribution in [-0.2, 0) is 0 Å². The molecule has 1 fully saturated rings. The van der Waals surface area contributed by atoms with Crippen molar-refractivity contribution in [1.82, 2.24) is 10.2 Å². The van der Waals surface area contributed by atoms with Gasteiger partial charge in [-0.15, -0.1) is 11.3 Å². The quantitative estimate of drug-likeness (QED) is 0.856. The largest absolute Gasteiger partial charge is 0.338 e. The van der Waals surface area contributed by atoms with Crippen molar-refractivity contribution in [2.24, 2.45) is 0 Å². The lowest BCUT2D eigenvalue weighted by Gasteiger charge is -2.34. The van der Waals surface area contributed by atoms with E-state index in [2.05, 4.69) is 18.3 Å². The lowest BCUT2D eigenvalue weighted by molar-refractivity contribution is 0.0708. The van der Waals surface area contributed by atoms with Gasteiger partial charge in [-0.25, -0.2) is 0 Å². The highest BCUT2D eigenvalue weighted by molar-refractivity contribution is 7.12. The Hall–Kier alpha value is -1.13. The van der Waals surface area contributed by atoms with E-state index >= 15 is 0 Å². The Labute approximate surface area is 137 Å². The second-order valence-electron chi connectivity index (χ2n) is 6.46. The lowest BCUT2D eigenvalue weighted by atomic mass is 9.93. The Morgan fingerprint density at radius 1 is 1.36 bits per heavy atom. The van der Waals surface area contributed by atoms with Crippen LogP contribution in [0.5, 0.6) is 0 Å². The van der Waals surface area contributed by atoms with E-state index in [1.165, 1.54) is 25.7 Å². The van der Waals surface area contributed by atoms with Crippen LogP contribution in [0.4, 0.5) is 0 Å². The van der Waals surface area contributed by atoms with Crippen LogP contribution < -0.4 is 5.32 Å². The first-order valence-corrected chi connectivity index (χ1v) is 9.40. The third kappa shape index (κ3) is 3.79. The zero-order chi connectivity index (χ0) is 15.4. The van der Waals surface area contributed by atoms with Gasteiger partial charge in [-0.3, -0.25) is 4.79 Å². The minimum atomic E-state index is 0.205. The topological polar surface area (TPSA) is 32.3 Å². The summed E-state index contributed by atoms with van der Waals surface area (Å²) in [7, 11) is 0. The summed E-state index contributed by atoms with van der Waals surface area (Å²) >= 11 is 1.54. The van der Waals surface area contributed by atoms with E-state index in [1.807, 2.05) is 22.4 Å². The lowest BCUT2D eigenvalue weighted by Crippen LogP contribution is -2.47. The number of rotatable bonds is 4. The molecule has 0 spiro atoms. The predicted molar refractivity (Wildman–Crippen MR) is 92.4 cm³/mol. The summed E-state index contributed by atoms with van der Waals surface area (Å²) < 4.78 is 0. The van der Waals surface area contributed by atoms with Gasteiger partial charge >= 0.3 is 0 Å². The van der Waals surface area contributed by atoms with Gasteiger partial charge in [0.2, 0.25) is 0 Å². The summed E-state index contributed by atoms with van der Waals surface area (Å²) in [4.78, 5) is 15.2. The SMILES string of the molecule is CC(NC1CCN(C(=O)c2cccs2)CC1)C1=CCCCC1. The summed E-state index contributed by atoms with van der Waals surface area (Å²) in [5.74, 6) is 0.205. The van der Waals surface area contributed by atoms with Crippen LogP contribution in [0.3, 0.4) is 0 Å². The maximum Gasteiger partial charge on any atom is 0.263 e. The minimum Gasteiger partial charge on any atom is -0.338 e. The van der Waals surface area contributed by atoms with Crippen molar-refractivity contribution in [1.29, 1.82) is 0 Å². The summed E-state index contributed by atoms with van der Waals surface area (Å²) in [6.45, 7) is 4.04. The number of allylic oxidation sites excluding steroid dienone is 1. The number of piperidine rings is 1. The van der Waals surface area contributed by atoms with Crippen LogP contribution >= 0.6 is 11.3 Å². The molecule has 0 bridgehead atoms. The monoisotopic (exact) mass is 318 g/mol. The molecule has 1 N–H and O–H groups in total. The molecule has 3 nitrogen and oxygen atoms in total. The highest BCUT2D eigenvalue weighted by Crippen LogP contribution is 2.22. The number of thiophene rings is 1. The molecule has 1 aromatic heterocycles. The number of nitrogens with zero attached hydrogens (tertiary/aromatic N) is 1. The maximum atomic E-state index is 12.3. The van der Waals surface area contributed by atoms with Gasteiger partial charge in [0.15, 0.2) is 0 Å². The number of carbonyl (C=O) groups excluding carboxylic acids is 1. The number of nitrogens with one attached hydrogen (secondary N) is 1. The normalized spacial score (nSPS) is 21.5. The van der Waals surface area contributed by atoms with Crippen LogP contribution in [-0.4, -0.2) is 36.0 Å². The van der Waals surface area contributed by atoms with Gasteiger partial charge < -0.3 is 10.2 Å². The van der Waals surface area contributed by atoms with Gasteiger partial charge in [-0.05, 0) is 56.9 Å². The van der Waals surface area contributed by atoms with Crippen LogP contribution in [0.15, 0.2) is 29.2 Å². The average Bonchev–Trinajstić information content (AvgIpc) is 3.10. The first-order chi connectivity index (χ1) is 10.7. The fourth-order valence-electron chi connectivity index (χ4n) is 3.52. The second kappa shape index (κ2) is 7.42. The van der Waals surface area contributed by atoms with Crippen LogP contribution in [0.25, 0.3) is 0 Å². The van der Waals surface area contributed by atoms with E-state index in [0.717, 1.165) is 30.8 Å². The van der Waals surface area contributed by atoms with E-state index in [9.17, 15) is 4.79 Å². The molecule has 0 radical (unpaired) electrons. The Morgan fingerprint density at radius 2 is 2.18 bits per heavy atom. The van der Waals surface area contributed by atoms with Crippen LogP contribution in [0.2, 0.25) is 0 Å². The molecule has 1 atom stereocenters. The number of carbonyl (C=O) groups is 1. The minimum absolute atomic E-state index is 0.205. The van der Waals surface area contributed by atoms with Gasteiger partial charge in [0.25, 0.3) is 5.91 Å². The van der Waals surface area contributed by atoms with Crippen LogP contribution in [0.1, 0.15) is 55.1 Å².